The molecule has 4 aliphatic carbocycles. The smallest absolute Gasteiger partial charge is 0.205 e. The van der Waals surface area contributed by atoms with Crippen molar-refractivity contribution in [2.45, 2.75) is 160 Å². The zero-order chi connectivity index (χ0) is 97.9. The molecule has 0 spiro atoms. The topological polar surface area (TPSA) is 445 Å². The van der Waals surface area contributed by atoms with E-state index in [1.807, 2.05) is 12.1 Å². The number of benzene rings is 1. The zero-order valence-electron chi connectivity index (χ0n) is 74.9. The van der Waals surface area contributed by atoms with Gasteiger partial charge in [-0.2, -0.15) is 0 Å². The van der Waals surface area contributed by atoms with Gasteiger partial charge in [-0.25, -0.2) is 74.5 Å². The standard InChI is InChI=1S/C25H23F2N5O2S.C24H22F2N6O2S.C24H23FN6O2S.C23H23BrFN5O2S/c1-24(14-35(33,34)25(13-26,17-4-5-17)23(28)32-24)19-9-15(3-6-20(19)27)10-21-22-16(7-8-30-21)11-18(29-2)12-31-22;1-23(13-35(33,34)24(12-25,15-3-4-15)22(27)32-23)21-18(26)6-5-16(31-21)10-19-20-14(7-8-29-19)9-17(28-2)11-30-20;1-23(13-34(32,33)24(2,15-4-5-15)22(26)31-23)18-9-16(29-12-19(18)25)10-20-21-14(6-7-28-20)8-17(27-3)11-30-21;1-22(12-33(31,32)23(2,14-3-4-14)21(26)30-22)17-8-16(28-11-18(17)25)9-19-20-13(5-6-27-19)7-15(24)10-29-20/h3,6-9,11-12,17H,4-5,10,13-14H2,1H3,(H2,28,32);5-9,11,15H,3-4,10,12-13H2,1H3,(H2,27,32);6-9,11-12,15H,4-5,10,13H2,1-2H3,(H2,26,31);5-8,10-11,14H,3-4,9,12H2,1-2H3,(H2,26,30)/t24-,25-;2*23-,24-;22-,23-/m0000/s1. The van der Waals surface area contributed by atoms with E-state index >= 15 is 8.78 Å². The highest BCUT2D eigenvalue weighted by atomic mass is 79.9. The fourth-order valence-electron chi connectivity index (χ4n) is 19.4. The lowest BCUT2D eigenvalue weighted by molar-refractivity contribution is 0.381. The molecular formula is C96H91BrF6N22O8S4. The number of nitrogens with two attached hydrogens (primary N) is 4. The van der Waals surface area contributed by atoms with Gasteiger partial charge in [0.25, 0.3) is 0 Å². The van der Waals surface area contributed by atoms with Gasteiger partial charge in [0.2, 0.25) is 17.1 Å². The summed E-state index contributed by atoms with van der Waals surface area (Å²) < 4.78 is 190. The Balaban J connectivity index is 0.000000127. The maximum atomic E-state index is 15.1. The van der Waals surface area contributed by atoms with Gasteiger partial charge in [0, 0.05) is 119 Å². The Bertz CT molecular complexity index is 7590. The number of alkyl halides is 2. The number of halogens is 7. The van der Waals surface area contributed by atoms with E-state index in [4.69, 9.17) is 42.7 Å². The molecule has 20 rings (SSSR count). The van der Waals surface area contributed by atoms with Gasteiger partial charge in [-0.3, -0.25) is 74.8 Å². The van der Waals surface area contributed by atoms with Crippen molar-refractivity contribution in [1.29, 1.82) is 0 Å². The number of amidine groups is 4. The lowest BCUT2D eigenvalue weighted by atomic mass is 9.90. The lowest BCUT2D eigenvalue weighted by Gasteiger charge is -2.40. The van der Waals surface area contributed by atoms with E-state index in [9.17, 15) is 51.2 Å². The van der Waals surface area contributed by atoms with Crippen LogP contribution in [0.3, 0.4) is 0 Å². The van der Waals surface area contributed by atoms with Crippen LogP contribution in [0.4, 0.5) is 43.4 Å². The molecule has 15 heterocycles. The number of hydrogen-bond acceptors (Lipinski definition) is 27. The van der Waals surface area contributed by atoms with Crippen molar-refractivity contribution >= 4 is 139 Å². The molecule has 11 aromatic heterocycles. The van der Waals surface area contributed by atoms with Crippen LogP contribution in [0.2, 0.25) is 0 Å². The summed E-state index contributed by atoms with van der Waals surface area (Å²) in [5.41, 5.74) is 27.5. The Hall–Kier alpha value is -12.9. The Morgan fingerprint density at radius 2 is 0.701 bits per heavy atom. The molecular weight excluding hydrogens is 1910 g/mol. The molecule has 137 heavy (non-hydrogen) atoms. The van der Waals surface area contributed by atoms with E-state index in [0.29, 0.717) is 118 Å². The van der Waals surface area contributed by atoms with Crippen LogP contribution in [0.5, 0.6) is 0 Å². The fraction of sp³-hybridized carbons (Fsp3) is 0.375. The van der Waals surface area contributed by atoms with Crippen molar-refractivity contribution < 1.29 is 60.0 Å². The molecule has 1 aromatic carbocycles. The summed E-state index contributed by atoms with van der Waals surface area (Å²) in [6.45, 7) is 28.6. The van der Waals surface area contributed by atoms with Crippen molar-refractivity contribution in [3.8, 4) is 0 Å². The summed E-state index contributed by atoms with van der Waals surface area (Å²) >= 11 is 3.42. The number of rotatable bonds is 18. The van der Waals surface area contributed by atoms with Crippen LogP contribution in [0.25, 0.3) is 58.1 Å². The monoisotopic (exact) mass is 2000 g/mol. The minimum absolute atomic E-state index is 0.0291. The maximum Gasteiger partial charge on any atom is 0.205 e. The summed E-state index contributed by atoms with van der Waals surface area (Å²) in [4.78, 5) is 76.1. The predicted octanol–water partition coefficient (Wildman–Crippen LogP) is 14.6. The first-order chi connectivity index (χ1) is 64.9. The van der Waals surface area contributed by atoms with Gasteiger partial charge in [-0.15, -0.1) is 0 Å². The normalized spacial score (nSPS) is 26.1. The van der Waals surface area contributed by atoms with E-state index < -0.39 is 140 Å². The first kappa shape index (κ1) is 95.8. The quantitative estimate of drug-likeness (QED) is 0.0458. The van der Waals surface area contributed by atoms with Crippen LogP contribution in [0.15, 0.2) is 177 Å². The van der Waals surface area contributed by atoms with E-state index in [1.54, 1.807) is 113 Å². The van der Waals surface area contributed by atoms with Crippen LogP contribution in [-0.2, 0) is 87.2 Å². The number of aliphatic imine (C=N–C) groups is 4. The number of aromatic nitrogens is 11. The van der Waals surface area contributed by atoms with E-state index in [-0.39, 0.29) is 81.9 Å². The summed E-state index contributed by atoms with van der Waals surface area (Å²) in [6.07, 6.45) is 21.3. The number of nitrogens with zero attached hydrogens (tertiary/aromatic N) is 18. The Morgan fingerprint density at radius 3 is 1.07 bits per heavy atom. The lowest BCUT2D eigenvalue weighted by Crippen LogP contribution is -2.61. The summed E-state index contributed by atoms with van der Waals surface area (Å²) in [7, 11) is -15.5. The van der Waals surface area contributed by atoms with Crippen LogP contribution in [0.1, 0.15) is 161 Å². The van der Waals surface area contributed by atoms with Crippen LogP contribution in [0, 0.1) is 66.7 Å². The van der Waals surface area contributed by atoms with Crippen LogP contribution in [-0.4, -0.2) is 167 Å². The highest BCUT2D eigenvalue weighted by Gasteiger charge is 2.65. The largest absolute Gasteiger partial charge is 0.386 e. The molecule has 0 radical (unpaired) electrons. The molecule has 8 atom stereocenters. The second-order valence-corrected chi connectivity index (χ2v) is 47.5. The minimum Gasteiger partial charge on any atom is -0.386 e. The molecule has 4 saturated carbocycles. The molecule has 4 aliphatic heterocycles. The predicted molar refractivity (Wildman–Crippen MR) is 511 cm³/mol. The molecule has 4 fully saturated rings. The third-order valence-electron chi connectivity index (χ3n) is 27.7. The van der Waals surface area contributed by atoms with Crippen molar-refractivity contribution in [3.63, 3.8) is 0 Å². The second kappa shape index (κ2) is 35.3. The first-order valence-corrected chi connectivity index (χ1v) is 51.2. The maximum absolute atomic E-state index is 15.1. The number of sulfone groups is 4. The van der Waals surface area contributed by atoms with Crippen molar-refractivity contribution in [1.82, 2.24) is 54.8 Å². The Labute approximate surface area is 794 Å². The highest BCUT2D eigenvalue weighted by Crippen LogP contribution is 2.55. The zero-order valence-corrected chi connectivity index (χ0v) is 79.7. The van der Waals surface area contributed by atoms with Gasteiger partial charge in [0.05, 0.1) is 100.0 Å². The number of fused-ring (bicyclic) bond motifs is 4. The Kier molecular flexibility index (Phi) is 24.7. The van der Waals surface area contributed by atoms with Crippen molar-refractivity contribution in [2.24, 2.45) is 66.6 Å². The third kappa shape index (κ3) is 17.3. The molecule has 30 nitrogen and oxygen atoms in total. The third-order valence-corrected chi connectivity index (χ3v) is 39.1. The van der Waals surface area contributed by atoms with Gasteiger partial charge in [0.15, 0.2) is 48.8 Å². The summed E-state index contributed by atoms with van der Waals surface area (Å²) in [5, 5.41) is 3.18. The molecule has 0 unspecified atom stereocenters. The van der Waals surface area contributed by atoms with Gasteiger partial charge >= 0.3 is 0 Å². The average molecular weight is 2000 g/mol. The second-order valence-electron chi connectivity index (χ2n) is 37.3. The van der Waals surface area contributed by atoms with E-state index in [0.717, 1.165) is 69.6 Å². The average Bonchev–Trinajstić information content (AvgIpc) is 1.59. The molecule has 12 aromatic rings. The first-order valence-electron chi connectivity index (χ1n) is 43.8. The summed E-state index contributed by atoms with van der Waals surface area (Å²) in [5.74, 6) is -5.76. The molecule has 0 saturated heterocycles. The molecule has 8 aliphatic rings. The summed E-state index contributed by atoms with van der Waals surface area (Å²) in [6, 6.07) is 24.5. The van der Waals surface area contributed by atoms with E-state index in [1.165, 1.54) is 56.7 Å². The van der Waals surface area contributed by atoms with Gasteiger partial charge < -0.3 is 22.9 Å². The van der Waals surface area contributed by atoms with Gasteiger partial charge in [-0.05, 0) is 233 Å². The minimum atomic E-state index is -4.08. The fourth-order valence-corrected chi connectivity index (χ4v) is 29.5. The molecule has 0 amide bonds. The number of hydrogen-bond donors (Lipinski definition) is 4. The van der Waals surface area contributed by atoms with Gasteiger partial charge in [-0.1, -0.05) is 12.1 Å². The molecule has 706 valence electrons. The van der Waals surface area contributed by atoms with E-state index in [2.05, 4.69) is 105 Å². The molecule has 0 bridgehead atoms. The highest BCUT2D eigenvalue weighted by molar-refractivity contribution is 9.10. The Morgan fingerprint density at radius 1 is 0.365 bits per heavy atom. The SMILES string of the molecule is C[C@@]1(c2cc(Cc3nccc4cc(Br)cnc34)ncc2F)CS(=O)(=O)[C@@](C)(C2CC2)C(N)=N1.[C-]#[N+]c1cnc2c(Cc3cc([C@]4(C)CS(=O)(=O)[C@@](C)(C5CC5)C(N)=N4)c(F)cn3)nccc2c1.[C-]#[N+]c1cnc2c(Cc3ccc(F)c([C@]4(C)CS(=O)(=O)[C@@](CF)(C5CC5)C(N)=N4)c3)nccc2c1.[C-]#[N+]c1cnc2c(Cc3ccc(F)c([C@]4(C)CS(=O)(=O)[C@@](CF)(C5CC5)C(N)=N4)n3)nccc2c1. The molecule has 8 N–H and O–H groups in total. The van der Waals surface area contributed by atoms with Crippen LogP contribution < -0.4 is 22.9 Å². The number of pyridine rings is 11. The van der Waals surface area contributed by atoms with Crippen molar-refractivity contribution in [3.05, 3.63) is 283 Å². The van der Waals surface area contributed by atoms with Crippen molar-refractivity contribution in [2.75, 3.05) is 36.4 Å². The van der Waals surface area contributed by atoms with Crippen LogP contribution >= 0.6 is 15.9 Å². The molecule has 41 heteroatoms. The van der Waals surface area contributed by atoms with Gasteiger partial charge in [0.1, 0.15) is 97.3 Å².